The molecule has 0 atom stereocenters. The molecule has 0 spiro atoms. The largest absolute Gasteiger partial charge is 0.453 e. The average Bonchev–Trinajstić information content (AvgIpc) is 3.18. The summed E-state index contributed by atoms with van der Waals surface area (Å²) in [4.78, 5) is 19.0. The third kappa shape index (κ3) is 4.40. The van der Waals surface area contributed by atoms with Crippen molar-refractivity contribution in [1.29, 1.82) is 0 Å². The summed E-state index contributed by atoms with van der Waals surface area (Å²) in [6, 6.07) is 3.38. The van der Waals surface area contributed by atoms with E-state index in [-0.39, 0.29) is 11.7 Å². The summed E-state index contributed by atoms with van der Waals surface area (Å²) in [5.41, 5.74) is 1.01. The van der Waals surface area contributed by atoms with E-state index in [1.54, 1.807) is 19.2 Å². The molecule has 2 aromatic heterocycles. The zero-order chi connectivity index (χ0) is 16.1. The van der Waals surface area contributed by atoms with Crippen molar-refractivity contribution in [3.05, 3.63) is 34.7 Å². The van der Waals surface area contributed by atoms with Gasteiger partial charge in [0.1, 0.15) is 12.4 Å². The molecular formula is C16H21N3O3S. The molecule has 7 heteroatoms. The van der Waals surface area contributed by atoms with Crippen LogP contribution in [0.1, 0.15) is 41.3 Å². The molecule has 23 heavy (non-hydrogen) atoms. The lowest BCUT2D eigenvalue weighted by atomic mass is 10.1. The number of nitrogens with one attached hydrogen (secondary N) is 1. The standard InChI is InChI=1S/C16H21N3O3S/c1-21-10-13-5-6-14(22-13)15(20)18-16-17-12(11-23-16)9-19-7-3-2-4-8-19/h5-6,11H,2-4,7-10H2,1H3,(H,17,18,20). The van der Waals surface area contributed by atoms with Gasteiger partial charge in [-0.15, -0.1) is 11.3 Å². The number of furan rings is 1. The Bertz CT molecular complexity index is 647. The van der Waals surface area contributed by atoms with Gasteiger partial charge < -0.3 is 9.15 Å². The highest BCUT2D eigenvalue weighted by Gasteiger charge is 2.15. The molecule has 1 fully saturated rings. The molecule has 6 nitrogen and oxygen atoms in total. The van der Waals surface area contributed by atoms with Crippen LogP contribution in [0.25, 0.3) is 0 Å². The second-order valence-electron chi connectivity index (χ2n) is 5.63. The van der Waals surface area contributed by atoms with Crippen molar-refractivity contribution < 1.29 is 13.9 Å². The van der Waals surface area contributed by atoms with E-state index in [9.17, 15) is 4.79 Å². The van der Waals surface area contributed by atoms with Crippen LogP contribution in [0.3, 0.4) is 0 Å². The monoisotopic (exact) mass is 335 g/mol. The lowest BCUT2D eigenvalue weighted by molar-refractivity contribution is 0.0987. The van der Waals surface area contributed by atoms with E-state index >= 15 is 0 Å². The number of likely N-dealkylation sites (tertiary alicyclic amines) is 1. The Hall–Kier alpha value is -1.70. The lowest BCUT2D eigenvalue weighted by Gasteiger charge is -2.25. The molecule has 0 saturated carbocycles. The molecule has 124 valence electrons. The van der Waals surface area contributed by atoms with Crippen molar-refractivity contribution in [2.24, 2.45) is 0 Å². The van der Waals surface area contributed by atoms with E-state index in [4.69, 9.17) is 9.15 Å². The highest BCUT2D eigenvalue weighted by molar-refractivity contribution is 7.13. The Morgan fingerprint density at radius 2 is 2.22 bits per heavy atom. The first-order valence-corrected chi connectivity index (χ1v) is 8.68. The van der Waals surface area contributed by atoms with Gasteiger partial charge in [-0.3, -0.25) is 15.0 Å². The average molecular weight is 335 g/mol. The second kappa shape index (κ2) is 7.72. The SMILES string of the molecule is COCc1ccc(C(=O)Nc2nc(CN3CCCCC3)cs2)o1. The van der Waals surface area contributed by atoms with Crippen LogP contribution in [0.4, 0.5) is 5.13 Å². The molecule has 0 aliphatic carbocycles. The first kappa shape index (κ1) is 16.2. The summed E-state index contributed by atoms with van der Waals surface area (Å²) in [6.07, 6.45) is 3.84. The van der Waals surface area contributed by atoms with E-state index in [0.717, 1.165) is 25.3 Å². The van der Waals surface area contributed by atoms with Crippen LogP contribution in [-0.2, 0) is 17.9 Å². The van der Waals surface area contributed by atoms with Crippen LogP contribution in [0.15, 0.2) is 21.9 Å². The number of hydrogen-bond acceptors (Lipinski definition) is 6. The molecule has 1 aliphatic rings. The van der Waals surface area contributed by atoms with Crippen LogP contribution in [-0.4, -0.2) is 36.0 Å². The van der Waals surface area contributed by atoms with E-state index in [0.29, 0.717) is 17.5 Å². The van der Waals surface area contributed by atoms with Crippen LogP contribution >= 0.6 is 11.3 Å². The number of rotatable bonds is 6. The van der Waals surface area contributed by atoms with Gasteiger partial charge in [-0.2, -0.15) is 0 Å². The number of carbonyl (C=O) groups is 1. The predicted molar refractivity (Wildman–Crippen MR) is 88.6 cm³/mol. The molecule has 1 saturated heterocycles. The maximum Gasteiger partial charge on any atom is 0.293 e. The molecular weight excluding hydrogens is 314 g/mol. The fourth-order valence-corrected chi connectivity index (χ4v) is 3.36. The van der Waals surface area contributed by atoms with Crippen molar-refractivity contribution >= 4 is 22.4 Å². The van der Waals surface area contributed by atoms with Gasteiger partial charge in [0.25, 0.3) is 5.91 Å². The van der Waals surface area contributed by atoms with Gasteiger partial charge in [0, 0.05) is 19.0 Å². The van der Waals surface area contributed by atoms with Gasteiger partial charge in [0.05, 0.1) is 5.69 Å². The predicted octanol–water partition coefficient (Wildman–Crippen LogP) is 3.12. The summed E-state index contributed by atoms with van der Waals surface area (Å²) >= 11 is 1.44. The van der Waals surface area contributed by atoms with Gasteiger partial charge in [0.15, 0.2) is 10.9 Å². The fraction of sp³-hybridized carbons (Fsp3) is 0.500. The van der Waals surface area contributed by atoms with Crippen LogP contribution in [0, 0.1) is 0 Å². The van der Waals surface area contributed by atoms with Gasteiger partial charge in [-0.1, -0.05) is 6.42 Å². The first-order chi connectivity index (χ1) is 11.2. The normalized spacial score (nSPS) is 15.7. The molecule has 0 radical (unpaired) electrons. The van der Waals surface area contributed by atoms with Crippen molar-refractivity contribution in [2.45, 2.75) is 32.4 Å². The fourth-order valence-electron chi connectivity index (χ4n) is 2.66. The number of ether oxygens (including phenoxy) is 1. The summed E-state index contributed by atoms with van der Waals surface area (Å²) < 4.78 is 10.4. The number of piperidine rings is 1. The number of anilines is 1. The quantitative estimate of drug-likeness (QED) is 0.878. The molecule has 3 heterocycles. The van der Waals surface area contributed by atoms with E-state index in [1.165, 1.54) is 30.6 Å². The zero-order valence-electron chi connectivity index (χ0n) is 13.2. The van der Waals surface area contributed by atoms with Crippen molar-refractivity contribution in [1.82, 2.24) is 9.88 Å². The maximum absolute atomic E-state index is 12.1. The Balaban J connectivity index is 1.56. The second-order valence-corrected chi connectivity index (χ2v) is 6.49. The number of hydrogen-bond donors (Lipinski definition) is 1. The van der Waals surface area contributed by atoms with Crippen molar-refractivity contribution in [2.75, 3.05) is 25.5 Å². The maximum atomic E-state index is 12.1. The van der Waals surface area contributed by atoms with E-state index < -0.39 is 0 Å². The number of aromatic nitrogens is 1. The Kier molecular flexibility index (Phi) is 5.43. The molecule has 1 N–H and O–H groups in total. The van der Waals surface area contributed by atoms with Crippen LogP contribution in [0.2, 0.25) is 0 Å². The van der Waals surface area contributed by atoms with Gasteiger partial charge >= 0.3 is 0 Å². The number of amides is 1. The minimum absolute atomic E-state index is 0.268. The van der Waals surface area contributed by atoms with E-state index in [2.05, 4.69) is 15.2 Å². The Morgan fingerprint density at radius 3 is 3.00 bits per heavy atom. The highest BCUT2D eigenvalue weighted by Crippen LogP contribution is 2.20. The summed E-state index contributed by atoms with van der Waals surface area (Å²) in [7, 11) is 1.59. The lowest BCUT2D eigenvalue weighted by Crippen LogP contribution is -2.29. The number of carbonyl (C=O) groups excluding carboxylic acids is 1. The Morgan fingerprint density at radius 1 is 1.39 bits per heavy atom. The topological polar surface area (TPSA) is 67.6 Å². The number of methoxy groups -OCH3 is 1. The molecule has 1 amide bonds. The molecule has 0 unspecified atom stereocenters. The minimum Gasteiger partial charge on any atom is -0.453 e. The summed E-state index contributed by atoms with van der Waals surface area (Å²) in [5, 5.41) is 5.39. The van der Waals surface area contributed by atoms with Crippen molar-refractivity contribution in [3.8, 4) is 0 Å². The van der Waals surface area contributed by atoms with Gasteiger partial charge in [-0.25, -0.2) is 4.98 Å². The summed E-state index contributed by atoms with van der Waals surface area (Å²) in [5.74, 6) is 0.610. The molecule has 0 aromatic carbocycles. The third-order valence-electron chi connectivity index (χ3n) is 3.78. The molecule has 2 aromatic rings. The smallest absolute Gasteiger partial charge is 0.293 e. The van der Waals surface area contributed by atoms with Crippen molar-refractivity contribution in [3.63, 3.8) is 0 Å². The molecule has 0 bridgehead atoms. The summed E-state index contributed by atoms with van der Waals surface area (Å²) in [6.45, 7) is 3.47. The van der Waals surface area contributed by atoms with E-state index in [1.807, 2.05) is 5.38 Å². The zero-order valence-corrected chi connectivity index (χ0v) is 14.0. The Labute approximate surface area is 139 Å². The van der Waals surface area contributed by atoms with Gasteiger partial charge in [0.2, 0.25) is 0 Å². The minimum atomic E-state index is -0.286. The van der Waals surface area contributed by atoms with Gasteiger partial charge in [-0.05, 0) is 38.1 Å². The highest BCUT2D eigenvalue weighted by atomic mass is 32.1. The van der Waals surface area contributed by atoms with Crippen LogP contribution in [0.5, 0.6) is 0 Å². The molecule has 1 aliphatic heterocycles. The number of nitrogens with zero attached hydrogens (tertiary/aromatic N) is 2. The number of thiazole rings is 1. The third-order valence-corrected chi connectivity index (χ3v) is 4.59. The first-order valence-electron chi connectivity index (χ1n) is 7.80. The van der Waals surface area contributed by atoms with Crippen LogP contribution < -0.4 is 5.32 Å². The molecule has 3 rings (SSSR count).